The summed E-state index contributed by atoms with van der Waals surface area (Å²) in [6.45, 7) is 17.0. The zero-order valence-corrected chi connectivity index (χ0v) is 38.7. The molecule has 15 heteroatoms. The maximum atomic E-state index is 14.2. The van der Waals surface area contributed by atoms with Crippen LogP contribution in [-0.4, -0.2) is 131 Å². The molecule has 5 amide bonds. The Morgan fingerprint density at radius 1 is 0.803 bits per heavy atom. The van der Waals surface area contributed by atoms with Crippen LogP contribution in [0.5, 0.6) is 0 Å². The Balaban J connectivity index is 2.70. The lowest BCUT2D eigenvalue weighted by Gasteiger charge is -2.35. The molecule has 0 unspecified atom stereocenters. The van der Waals surface area contributed by atoms with E-state index in [2.05, 4.69) is 10.6 Å². The molecule has 1 aliphatic rings. The number of hydrogen-bond acceptors (Lipinski definition) is 10. The van der Waals surface area contributed by atoms with Crippen molar-refractivity contribution in [1.29, 1.82) is 0 Å². The number of benzene rings is 1. The van der Waals surface area contributed by atoms with Crippen molar-refractivity contribution >= 4 is 41.5 Å². The molecule has 1 aliphatic heterocycles. The summed E-state index contributed by atoms with van der Waals surface area (Å²) in [5.74, 6) is -6.12. The number of nitrogens with zero attached hydrogens (tertiary/aromatic N) is 3. The van der Waals surface area contributed by atoms with Crippen molar-refractivity contribution < 1.29 is 48.1 Å². The van der Waals surface area contributed by atoms with E-state index >= 15 is 0 Å². The molecule has 1 heterocycles. The Hall–Kier alpha value is -4.79. The zero-order chi connectivity index (χ0) is 46.3. The van der Waals surface area contributed by atoms with Gasteiger partial charge in [0.05, 0.1) is 12.6 Å². The topological polar surface area (TPSA) is 192 Å². The molecule has 0 radical (unpaired) electrons. The number of likely N-dealkylation sites (N-methyl/N-ethyl adjacent to an activating group) is 3. The zero-order valence-electron chi connectivity index (χ0n) is 38.7. The molecule has 3 N–H and O–H groups in total. The highest BCUT2D eigenvalue weighted by Gasteiger charge is 2.38. The van der Waals surface area contributed by atoms with E-state index in [4.69, 9.17) is 9.47 Å². The molecule has 0 aromatic heterocycles. The summed E-state index contributed by atoms with van der Waals surface area (Å²) in [5.41, 5.74) is 0.874. The van der Waals surface area contributed by atoms with Gasteiger partial charge in [-0.3, -0.25) is 24.0 Å². The third-order valence-electron chi connectivity index (χ3n) is 12.3. The summed E-state index contributed by atoms with van der Waals surface area (Å²) in [5, 5.41) is 16.8. The fraction of sp³-hybridized carbons (Fsp3) is 0.674. The van der Waals surface area contributed by atoms with Crippen molar-refractivity contribution in [3.8, 4) is 0 Å². The SMILES string of the molecule is CCC[C@H](C)[C@@H](O)[C@@H](C)[C@@H]1C/C=C(\C)C(=O)O[C@H]([C@@H](C)CC)C(=O)N[C@@H](C)C(=O)N(C)[C@H](Cc2ccccc2)C(=O)N(C)CC(=O)N[C@@H]([C@@H](C)CC)C(=O)N(C)[C@@H](C)C(=O)O1. The lowest BCUT2D eigenvalue weighted by Crippen LogP contribution is -2.58. The normalized spacial score (nSPS) is 27.3. The molecule has 11 atom stereocenters. The number of esters is 2. The number of aliphatic hydroxyl groups excluding tert-OH is 1. The maximum Gasteiger partial charge on any atom is 0.334 e. The summed E-state index contributed by atoms with van der Waals surface area (Å²) in [6.07, 6.45) is 1.07. The van der Waals surface area contributed by atoms with Crippen LogP contribution in [0.25, 0.3) is 0 Å². The molecule has 15 nitrogen and oxygen atoms in total. The summed E-state index contributed by atoms with van der Waals surface area (Å²) in [4.78, 5) is 101. The second-order valence-corrected chi connectivity index (χ2v) is 17.1. The minimum atomic E-state index is -1.28. The molecular weight excluding hydrogens is 783 g/mol. The third-order valence-corrected chi connectivity index (χ3v) is 12.3. The molecule has 0 saturated heterocycles. The van der Waals surface area contributed by atoms with Gasteiger partial charge in [-0.15, -0.1) is 0 Å². The number of carbonyl (C=O) groups is 7. The highest BCUT2D eigenvalue weighted by molar-refractivity contribution is 5.96. The molecule has 0 aliphatic carbocycles. The van der Waals surface area contributed by atoms with Crippen LogP contribution in [0.15, 0.2) is 42.0 Å². The van der Waals surface area contributed by atoms with Crippen LogP contribution in [0.2, 0.25) is 0 Å². The van der Waals surface area contributed by atoms with Gasteiger partial charge in [0, 0.05) is 51.4 Å². The van der Waals surface area contributed by atoms with Gasteiger partial charge in [-0.1, -0.05) is 97.7 Å². The lowest BCUT2D eigenvalue weighted by molar-refractivity contribution is -0.163. The molecule has 1 aromatic rings. The van der Waals surface area contributed by atoms with Gasteiger partial charge in [-0.25, -0.2) is 9.59 Å². The van der Waals surface area contributed by atoms with Gasteiger partial charge >= 0.3 is 11.9 Å². The Morgan fingerprint density at radius 3 is 1.98 bits per heavy atom. The van der Waals surface area contributed by atoms with Gasteiger partial charge in [0.1, 0.15) is 30.3 Å². The third kappa shape index (κ3) is 14.7. The first kappa shape index (κ1) is 52.3. The summed E-state index contributed by atoms with van der Waals surface area (Å²) >= 11 is 0. The Labute approximate surface area is 363 Å². The first-order valence-corrected chi connectivity index (χ1v) is 21.8. The van der Waals surface area contributed by atoms with E-state index in [-0.39, 0.29) is 30.3 Å². The molecule has 2 rings (SSSR count). The molecule has 1 aromatic carbocycles. The molecule has 0 spiro atoms. The van der Waals surface area contributed by atoms with E-state index in [1.807, 2.05) is 45.9 Å². The second kappa shape index (κ2) is 24.6. The van der Waals surface area contributed by atoms with E-state index in [1.54, 1.807) is 32.9 Å². The van der Waals surface area contributed by atoms with Crippen molar-refractivity contribution in [1.82, 2.24) is 25.3 Å². The predicted molar refractivity (Wildman–Crippen MR) is 232 cm³/mol. The van der Waals surface area contributed by atoms with Crippen molar-refractivity contribution in [3.63, 3.8) is 0 Å². The van der Waals surface area contributed by atoms with Crippen LogP contribution in [0.1, 0.15) is 107 Å². The van der Waals surface area contributed by atoms with Crippen molar-refractivity contribution in [2.75, 3.05) is 27.7 Å². The molecule has 342 valence electrons. The summed E-state index contributed by atoms with van der Waals surface area (Å²) in [6, 6.07) is 4.61. The minimum absolute atomic E-state index is 0.00806. The second-order valence-electron chi connectivity index (χ2n) is 17.1. The minimum Gasteiger partial charge on any atom is -0.460 e. The number of nitrogens with one attached hydrogen (secondary N) is 2. The molecular formula is C46H73N5O10. The van der Waals surface area contributed by atoms with Crippen LogP contribution < -0.4 is 10.6 Å². The van der Waals surface area contributed by atoms with E-state index in [9.17, 15) is 38.7 Å². The van der Waals surface area contributed by atoms with Crippen molar-refractivity contribution in [3.05, 3.63) is 47.5 Å². The highest BCUT2D eigenvalue weighted by atomic mass is 16.6. The fourth-order valence-electron chi connectivity index (χ4n) is 7.27. The number of carbonyl (C=O) groups excluding carboxylic acids is 7. The quantitative estimate of drug-likeness (QED) is 0.274. The Bertz CT molecular complexity index is 1690. The van der Waals surface area contributed by atoms with Crippen LogP contribution in [0.3, 0.4) is 0 Å². The molecule has 0 saturated carbocycles. The molecule has 0 bridgehead atoms. The number of hydrogen-bond donors (Lipinski definition) is 3. The monoisotopic (exact) mass is 856 g/mol. The summed E-state index contributed by atoms with van der Waals surface area (Å²) < 4.78 is 11.8. The van der Waals surface area contributed by atoms with Crippen LogP contribution >= 0.6 is 0 Å². The number of rotatable bonds is 11. The van der Waals surface area contributed by atoms with Gasteiger partial charge in [-0.2, -0.15) is 0 Å². The molecule has 0 fully saturated rings. The standard InChI is InChI=1S/C46H73N5O10/c1-14-20-29(6)39(53)31(8)36-24-23-30(7)45(58)61-40(28(5)16-3)41(54)47-32(9)42(55)51(13)35(25-34-21-18-17-19-22-34)43(56)49(11)26-37(52)48-38(27(4)15-2)44(57)50(12)33(10)46(59)60-36/h17-19,21-23,27-29,31-33,35-36,38-40,53H,14-16,20,24-26H2,1-13H3,(H,47,54)(H,48,52)/b30-23+/t27-,28-,29-,31-,32-,33-,35+,36-,38-,39+,40+/m0/s1. The average Bonchev–Trinajstić information content (AvgIpc) is 3.24. The van der Waals surface area contributed by atoms with Crippen LogP contribution in [0, 0.1) is 23.7 Å². The van der Waals surface area contributed by atoms with Crippen LogP contribution in [0.4, 0.5) is 0 Å². The average molecular weight is 856 g/mol. The first-order valence-electron chi connectivity index (χ1n) is 21.8. The van der Waals surface area contributed by atoms with E-state index in [1.165, 1.54) is 62.7 Å². The maximum absolute atomic E-state index is 14.2. The van der Waals surface area contributed by atoms with Gasteiger partial charge in [0.2, 0.25) is 23.6 Å². The summed E-state index contributed by atoms with van der Waals surface area (Å²) in [7, 11) is 4.32. The number of aliphatic hydroxyl groups is 1. The fourth-order valence-corrected chi connectivity index (χ4v) is 7.27. The lowest BCUT2D eigenvalue weighted by atomic mass is 9.85. The first-order chi connectivity index (χ1) is 28.6. The smallest absolute Gasteiger partial charge is 0.334 e. The van der Waals surface area contributed by atoms with Gasteiger partial charge in [0.15, 0.2) is 6.10 Å². The largest absolute Gasteiger partial charge is 0.460 e. The van der Waals surface area contributed by atoms with E-state index < -0.39 is 102 Å². The predicted octanol–water partition coefficient (Wildman–Crippen LogP) is 4.05. The van der Waals surface area contributed by atoms with Crippen LogP contribution in [-0.2, 0) is 49.5 Å². The van der Waals surface area contributed by atoms with E-state index in [0.29, 0.717) is 12.8 Å². The number of ether oxygens (including phenoxy) is 2. The van der Waals surface area contributed by atoms with Crippen molar-refractivity contribution in [2.24, 2.45) is 23.7 Å². The van der Waals surface area contributed by atoms with E-state index in [0.717, 1.165) is 18.4 Å². The highest BCUT2D eigenvalue weighted by Crippen LogP contribution is 2.26. The number of amides is 5. The van der Waals surface area contributed by atoms with Gasteiger partial charge in [0.25, 0.3) is 5.91 Å². The Morgan fingerprint density at radius 2 is 1.41 bits per heavy atom. The van der Waals surface area contributed by atoms with Crippen molar-refractivity contribution in [2.45, 2.75) is 150 Å². The molecule has 61 heavy (non-hydrogen) atoms. The number of cyclic esters (lactones) is 2. The Kier molecular flexibility index (Phi) is 21.1. The van der Waals surface area contributed by atoms with Gasteiger partial charge in [-0.05, 0) is 51.0 Å². The van der Waals surface area contributed by atoms with Gasteiger partial charge < -0.3 is 39.9 Å².